The Hall–Kier alpha value is -2.09. The molecule has 124 valence electrons. The lowest BCUT2D eigenvalue weighted by Gasteiger charge is -2.30. The van der Waals surface area contributed by atoms with Crippen molar-refractivity contribution >= 4 is 39.4 Å². The zero-order chi connectivity index (χ0) is 17.1. The van der Waals surface area contributed by atoms with Crippen molar-refractivity contribution in [3.8, 4) is 5.75 Å². The maximum Gasteiger partial charge on any atom is 0.326 e. The van der Waals surface area contributed by atoms with Crippen molar-refractivity contribution in [1.82, 2.24) is 4.90 Å². The number of aliphatic carboxylic acids is 1. The van der Waals surface area contributed by atoms with Crippen LogP contribution in [0.3, 0.4) is 0 Å². The third-order valence-corrected chi connectivity index (χ3v) is 4.24. The van der Waals surface area contributed by atoms with E-state index in [1.54, 1.807) is 18.2 Å². The minimum atomic E-state index is -1.07. The molecular formula is C15H17BrN2O5. The molecule has 1 aromatic rings. The summed E-state index contributed by atoms with van der Waals surface area (Å²) in [5, 5.41) is 8.94. The summed E-state index contributed by atoms with van der Waals surface area (Å²) in [5.74, 6) is -1.07. The van der Waals surface area contributed by atoms with Gasteiger partial charge in [-0.05, 0) is 25.1 Å². The SMILES string of the molecule is C[C@H](C(=O)O)N(C)C(=O)CCN1C(=O)COc2cc(Br)ccc21. The number of carbonyl (C=O) groups is 3. The fourth-order valence-electron chi connectivity index (χ4n) is 2.19. The van der Waals surface area contributed by atoms with Crippen LogP contribution in [0.5, 0.6) is 5.75 Å². The van der Waals surface area contributed by atoms with E-state index in [1.807, 2.05) is 0 Å². The molecule has 2 rings (SSSR count). The van der Waals surface area contributed by atoms with Gasteiger partial charge in [0.25, 0.3) is 5.91 Å². The van der Waals surface area contributed by atoms with Crippen molar-refractivity contribution in [2.24, 2.45) is 0 Å². The minimum absolute atomic E-state index is 0.0371. The van der Waals surface area contributed by atoms with Gasteiger partial charge in [0, 0.05) is 24.5 Å². The number of likely N-dealkylation sites (N-methyl/N-ethyl adjacent to an activating group) is 1. The fourth-order valence-corrected chi connectivity index (χ4v) is 2.53. The Morgan fingerprint density at radius 1 is 1.48 bits per heavy atom. The number of hydrogen-bond acceptors (Lipinski definition) is 4. The number of carboxylic acid groups (broad SMARTS) is 1. The van der Waals surface area contributed by atoms with Crippen molar-refractivity contribution in [1.29, 1.82) is 0 Å². The number of benzene rings is 1. The fraction of sp³-hybridized carbons (Fsp3) is 0.400. The van der Waals surface area contributed by atoms with E-state index in [4.69, 9.17) is 9.84 Å². The van der Waals surface area contributed by atoms with Crippen LogP contribution in [0, 0.1) is 0 Å². The first-order valence-corrected chi connectivity index (χ1v) is 7.81. The number of carboxylic acids is 1. The summed E-state index contributed by atoms with van der Waals surface area (Å²) >= 11 is 3.34. The largest absolute Gasteiger partial charge is 0.482 e. The molecule has 1 aromatic carbocycles. The van der Waals surface area contributed by atoms with Gasteiger partial charge in [0.2, 0.25) is 5.91 Å². The number of nitrogens with zero attached hydrogens (tertiary/aromatic N) is 2. The molecular weight excluding hydrogens is 368 g/mol. The maximum atomic E-state index is 12.1. The smallest absolute Gasteiger partial charge is 0.326 e. The zero-order valence-electron chi connectivity index (χ0n) is 12.8. The van der Waals surface area contributed by atoms with Gasteiger partial charge in [-0.3, -0.25) is 9.59 Å². The molecule has 23 heavy (non-hydrogen) atoms. The molecule has 7 nitrogen and oxygen atoms in total. The highest BCUT2D eigenvalue weighted by molar-refractivity contribution is 9.10. The van der Waals surface area contributed by atoms with Crippen molar-refractivity contribution in [2.75, 3.05) is 25.1 Å². The number of fused-ring (bicyclic) bond motifs is 1. The summed E-state index contributed by atoms with van der Waals surface area (Å²) in [4.78, 5) is 37.7. The molecule has 0 aromatic heterocycles. The van der Waals surface area contributed by atoms with E-state index < -0.39 is 12.0 Å². The summed E-state index contributed by atoms with van der Waals surface area (Å²) in [6, 6.07) is 4.37. The Labute approximate surface area is 141 Å². The van der Waals surface area contributed by atoms with Crippen LogP contribution < -0.4 is 9.64 Å². The molecule has 0 spiro atoms. The molecule has 0 unspecified atom stereocenters. The van der Waals surface area contributed by atoms with Crippen LogP contribution in [0.15, 0.2) is 22.7 Å². The standard InChI is InChI=1S/C15H17BrN2O5/c1-9(15(21)22)17(2)13(19)5-6-18-11-4-3-10(16)7-12(11)23-8-14(18)20/h3-4,7,9H,5-6,8H2,1-2H3,(H,21,22)/t9-/m1/s1. The second-order valence-corrected chi connectivity index (χ2v) is 6.13. The Morgan fingerprint density at radius 2 is 2.17 bits per heavy atom. The number of anilines is 1. The zero-order valence-corrected chi connectivity index (χ0v) is 14.4. The van der Waals surface area contributed by atoms with E-state index in [2.05, 4.69) is 15.9 Å². The molecule has 0 fully saturated rings. The lowest BCUT2D eigenvalue weighted by molar-refractivity contribution is -0.148. The monoisotopic (exact) mass is 384 g/mol. The highest BCUT2D eigenvalue weighted by Crippen LogP contribution is 2.34. The first-order valence-electron chi connectivity index (χ1n) is 7.02. The summed E-state index contributed by atoms with van der Waals surface area (Å²) in [6.45, 7) is 1.53. The number of hydrogen-bond donors (Lipinski definition) is 1. The van der Waals surface area contributed by atoms with Crippen LogP contribution in [-0.2, 0) is 14.4 Å². The molecule has 1 aliphatic rings. The van der Waals surface area contributed by atoms with Gasteiger partial charge >= 0.3 is 5.97 Å². The van der Waals surface area contributed by atoms with E-state index in [0.29, 0.717) is 11.4 Å². The molecule has 1 N–H and O–H groups in total. The van der Waals surface area contributed by atoms with E-state index in [-0.39, 0.29) is 31.4 Å². The topological polar surface area (TPSA) is 87.2 Å². The summed E-state index contributed by atoms with van der Waals surface area (Å²) in [5.41, 5.74) is 0.603. The summed E-state index contributed by atoms with van der Waals surface area (Å²) in [6.07, 6.45) is 0.0371. The van der Waals surface area contributed by atoms with Crippen LogP contribution in [0.25, 0.3) is 0 Å². The van der Waals surface area contributed by atoms with Crippen LogP contribution in [0.1, 0.15) is 13.3 Å². The molecule has 0 saturated heterocycles. The Kier molecular flexibility index (Phi) is 5.25. The molecule has 0 bridgehead atoms. The quantitative estimate of drug-likeness (QED) is 0.830. The van der Waals surface area contributed by atoms with Crippen molar-refractivity contribution < 1.29 is 24.2 Å². The Bertz CT molecular complexity index is 649. The second-order valence-electron chi connectivity index (χ2n) is 5.21. The van der Waals surface area contributed by atoms with Gasteiger partial charge in [-0.1, -0.05) is 15.9 Å². The third kappa shape index (κ3) is 3.82. The van der Waals surface area contributed by atoms with Gasteiger partial charge in [-0.15, -0.1) is 0 Å². The summed E-state index contributed by atoms with van der Waals surface area (Å²) < 4.78 is 6.21. The number of ether oxygens (including phenoxy) is 1. The average Bonchev–Trinajstić information content (AvgIpc) is 2.52. The molecule has 2 amide bonds. The Balaban J connectivity index is 2.07. The number of rotatable bonds is 5. The minimum Gasteiger partial charge on any atom is -0.482 e. The van der Waals surface area contributed by atoms with Gasteiger partial charge in [-0.25, -0.2) is 4.79 Å². The predicted molar refractivity (Wildman–Crippen MR) is 86.5 cm³/mol. The van der Waals surface area contributed by atoms with E-state index in [0.717, 1.165) is 9.37 Å². The highest BCUT2D eigenvalue weighted by Gasteiger charge is 2.27. The van der Waals surface area contributed by atoms with Gasteiger partial charge in [0.15, 0.2) is 6.61 Å². The molecule has 0 radical (unpaired) electrons. The number of carbonyl (C=O) groups excluding carboxylic acids is 2. The van der Waals surface area contributed by atoms with Gasteiger partial charge < -0.3 is 19.6 Å². The van der Waals surface area contributed by atoms with Crippen LogP contribution in [-0.4, -0.2) is 54.0 Å². The second kappa shape index (κ2) is 6.99. The molecule has 1 heterocycles. The van der Waals surface area contributed by atoms with Crippen LogP contribution in [0.2, 0.25) is 0 Å². The predicted octanol–water partition coefficient (Wildman–Crippen LogP) is 1.50. The van der Waals surface area contributed by atoms with E-state index in [9.17, 15) is 14.4 Å². The molecule has 1 atom stereocenters. The van der Waals surface area contributed by atoms with Crippen molar-refractivity contribution in [3.63, 3.8) is 0 Å². The molecule has 0 aliphatic carbocycles. The first-order chi connectivity index (χ1) is 10.8. The van der Waals surface area contributed by atoms with Crippen molar-refractivity contribution in [2.45, 2.75) is 19.4 Å². The Morgan fingerprint density at radius 3 is 2.83 bits per heavy atom. The van der Waals surface area contributed by atoms with Crippen LogP contribution >= 0.6 is 15.9 Å². The molecule has 0 saturated carbocycles. The van der Waals surface area contributed by atoms with Gasteiger partial charge in [-0.2, -0.15) is 0 Å². The normalized spacial score (nSPS) is 14.7. The lowest BCUT2D eigenvalue weighted by atomic mass is 10.2. The maximum absolute atomic E-state index is 12.1. The number of halogens is 1. The van der Waals surface area contributed by atoms with E-state index >= 15 is 0 Å². The third-order valence-electron chi connectivity index (χ3n) is 3.75. The summed E-state index contributed by atoms with van der Waals surface area (Å²) in [7, 11) is 1.44. The van der Waals surface area contributed by atoms with Crippen LogP contribution in [0.4, 0.5) is 5.69 Å². The lowest BCUT2D eigenvalue weighted by Crippen LogP contribution is -2.44. The van der Waals surface area contributed by atoms with Gasteiger partial charge in [0.1, 0.15) is 11.8 Å². The number of amides is 2. The first kappa shape index (κ1) is 17.3. The van der Waals surface area contributed by atoms with Crippen molar-refractivity contribution in [3.05, 3.63) is 22.7 Å². The molecule has 8 heteroatoms. The average molecular weight is 385 g/mol. The van der Waals surface area contributed by atoms with Gasteiger partial charge in [0.05, 0.1) is 5.69 Å². The van der Waals surface area contributed by atoms with E-state index in [1.165, 1.54) is 18.9 Å². The highest BCUT2D eigenvalue weighted by atomic mass is 79.9. The molecule has 1 aliphatic heterocycles.